The van der Waals surface area contributed by atoms with E-state index >= 15 is 0 Å². The molecule has 0 spiro atoms. The third kappa shape index (κ3) is 2.17. The van der Waals surface area contributed by atoms with Crippen LogP contribution in [0.2, 0.25) is 0 Å². The number of rotatable bonds is 1. The van der Waals surface area contributed by atoms with Crippen molar-refractivity contribution in [3.05, 3.63) is 29.6 Å². The molecular weight excluding hydrogens is 188 g/mol. The van der Waals surface area contributed by atoms with Crippen LogP contribution in [-0.4, -0.2) is 21.8 Å². The van der Waals surface area contributed by atoms with Crippen LogP contribution in [0, 0.1) is 0 Å². The summed E-state index contributed by atoms with van der Waals surface area (Å²) in [7, 11) is 0. The Bertz CT molecular complexity index is 347. The molecule has 1 aromatic rings. The van der Waals surface area contributed by atoms with Crippen molar-refractivity contribution in [2.45, 2.75) is 40.3 Å². The molecule has 3 nitrogen and oxygen atoms in total. The zero-order valence-electron chi connectivity index (χ0n) is 9.82. The average molecular weight is 206 g/mol. The van der Waals surface area contributed by atoms with Crippen molar-refractivity contribution >= 4 is 5.91 Å². The molecule has 1 aliphatic heterocycles. The molecule has 1 aromatic heterocycles. The minimum absolute atomic E-state index is 0.109. The van der Waals surface area contributed by atoms with E-state index < -0.39 is 0 Å². The van der Waals surface area contributed by atoms with E-state index in [-0.39, 0.29) is 11.9 Å². The molecule has 1 amide bonds. The summed E-state index contributed by atoms with van der Waals surface area (Å²) in [6.45, 7) is 8.69. The Morgan fingerprint density at radius 3 is 2.60 bits per heavy atom. The third-order valence-electron chi connectivity index (χ3n) is 2.32. The second kappa shape index (κ2) is 4.91. The fourth-order valence-corrected chi connectivity index (χ4v) is 1.56. The summed E-state index contributed by atoms with van der Waals surface area (Å²) < 4.78 is 0. The predicted octanol–water partition coefficient (Wildman–Crippen LogP) is 2.47. The lowest BCUT2D eigenvalue weighted by Gasteiger charge is -2.19. The molecule has 0 radical (unpaired) electrons. The van der Waals surface area contributed by atoms with Crippen LogP contribution in [0.5, 0.6) is 0 Å². The monoisotopic (exact) mass is 206 g/mol. The van der Waals surface area contributed by atoms with Crippen LogP contribution in [0.25, 0.3) is 0 Å². The Morgan fingerprint density at radius 1 is 1.40 bits per heavy atom. The summed E-state index contributed by atoms with van der Waals surface area (Å²) in [5.41, 5.74) is 1.66. The number of pyridine rings is 1. The third-order valence-corrected chi connectivity index (χ3v) is 2.32. The highest BCUT2D eigenvalue weighted by Gasteiger charge is 2.29. The van der Waals surface area contributed by atoms with Crippen molar-refractivity contribution in [1.82, 2.24) is 9.88 Å². The SMILES string of the molecule is CC.CC(C)N1Cc2ncccc2C1=O. The van der Waals surface area contributed by atoms with E-state index in [1.807, 2.05) is 38.7 Å². The topological polar surface area (TPSA) is 33.2 Å². The Morgan fingerprint density at radius 2 is 2.07 bits per heavy atom. The van der Waals surface area contributed by atoms with Crippen LogP contribution in [0.1, 0.15) is 43.7 Å². The largest absolute Gasteiger partial charge is 0.330 e. The van der Waals surface area contributed by atoms with E-state index in [0.717, 1.165) is 11.3 Å². The van der Waals surface area contributed by atoms with Crippen LogP contribution < -0.4 is 0 Å². The number of carbonyl (C=O) groups excluding carboxylic acids is 1. The maximum Gasteiger partial charge on any atom is 0.256 e. The van der Waals surface area contributed by atoms with Gasteiger partial charge in [0.25, 0.3) is 5.91 Å². The van der Waals surface area contributed by atoms with Crippen molar-refractivity contribution in [3.8, 4) is 0 Å². The average Bonchev–Trinajstić information content (AvgIpc) is 2.60. The van der Waals surface area contributed by atoms with E-state index in [1.165, 1.54) is 0 Å². The Balaban J connectivity index is 0.000000531. The lowest BCUT2D eigenvalue weighted by atomic mass is 10.2. The molecule has 2 rings (SSSR count). The van der Waals surface area contributed by atoms with Gasteiger partial charge >= 0.3 is 0 Å². The minimum Gasteiger partial charge on any atom is -0.330 e. The molecule has 82 valence electrons. The molecule has 0 fully saturated rings. The molecule has 0 atom stereocenters. The standard InChI is InChI=1S/C10H12N2O.C2H6/c1-7(2)12-6-9-8(10(12)13)4-3-5-11-9;1-2/h3-5,7H,6H2,1-2H3;1-2H3. The summed E-state index contributed by atoms with van der Waals surface area (Å²) in [6, 6.07) is 3.90. The maximum absolute atomic E-state index is 11.7. The molecule has 0 bridgehead atoms. The number of hydrogen-bond donors (Lipinski definition) is 0. The summed E-state index contributed by atoms with van der Waals surface area (Å²) in [5, 5.41) is 0. The Kier molecular flexibility index (Phi) is 3.83. The smallest absolute Gasteiger partial charge is 0.256 e. The highest BCUT2D eigenvalue weighted by atomic mass is 16.2. The van der Waals surface area contributed by atoms with Gasteiger partial charge in [0.15, 0.2) is 0 Å². The first-order chi connectivity index (χ1) is 7.20. The van der Waals surface area contributed by atoms with Gasteiger partial charge in [0, 0.05) is 12.2 Å². The number of carbonyl (C=O) groups is 1. The molecule has 0 aliphatic carbocycles. The predicted molar refractivity (Wildman–Crippen MR) is 60.6 cm³/mol. The molecule has 3 heteroatoms. The van der Waals surface area contributed by atoms with Crippen LogP contribution in [0.3, 0.4) is 0 Å². The minimum atomic E-state index is 0.109. The first-order valence-corrected chi connectivity index (χ1v) is 5.45. The molecule has 1 aliphatic rings. The number of amides is 1. The molecule has 0 saturated carbocycles. The normalized spacial score (nSPS) is 13.7. The van der Waals surface area contributed by atoms with Gasteiger partial charge in [-0.25, -0.2) is 0 Å². The zero-order chi connectivity index (χ0) is 11.4. The molecular formula is C12H18N2O. The molecule has 0 unspecified atom stereocenters. The summed E-state index contributed by atoms with van der Waals surface area (Å²) >= 11 is 0. The highest BCUT2D eigenvalue weighted by Crippen LogP contribution is 2.21. The van der Waals surface area contributed by atoms with Gasteiger partial charge in [0.05, 0.1) is 17.8 Å². The van der Waals surface area contributed by atoms with Crippen LogP contribution >= 0.6 is 0 Å². The second-order valence-corrected chi connectivity index (χ2v) is 3.52. The van der Waals surface area contributed by atoms with Crippen LogP contribution in [0.15, 0.2) is 18.3 Å². The van der Waals surface area contributed by atoms with Crippen LogP contribution in [-0.2, 0) is 6.54 Å². The van der Waals surface area contributed by atoms with Crippen molar-refractivity contribution in [2.24, 2.45) is 0 Å². The van der Waals surface area contributed by atoms with E-state index in [4.69, 9.17) is 0 Å². The summed E-state index contributed by atoms with van der Waals surface area (Å²) in [6.07, 6.45) is 1.73. The summed E-state index contributed by atoms with van der Waals surface area (Å²) in [4.78, 5) is 17.7. The van der Waals surface area contributed by atoms with Crippen LogP contribution in [0.4, 0.5) is 0 Å². The second-order valence-electron chi connectivity index (χ2n) is 3.52. The first-order valence-electron chi connectivity index (χ1n) is 5.45. The molecule has 0 N–H and O–H groups in total. The van der Waals surface area contributed by atoms with E-state index in [9.17, 15) is 4.79 Å². The van der Waals surface area contributed by atoms with E-state index in [1.54, 1.807) is 12.3 Å². The maximum atomic E-state index is 11.7. The zero-order valence-corrected chi connectivity index (χ0v) is 9.82. The van der Waals surface area contributed by atoms with Crippen molar-refractivity contribution in [3.63, 3.8) is 0 Å². The Labute approximate surface area is 91.1 Å². The quantitative estimate of drug-likeness (QED) is 0.707. The van der Waals surface area contributed by atoms with Gasteiger partial charge in [0.2, 0.25) is 0 Å². The van der Waals surface area contributed by atoms with Gasteiger partial charge in [0.1, 0.15) is 0 Å². The summed E-state index contributed by atoms with van der Waals surface area (Å²) in [5.74, 6) is 0.109. The Hall–Kier alpha value is -1.38. The first kappa shape index (κ1) is 11.7. The highest BCUT2D eigenvalue weighted by molar-refractivity contribution is 5.97. The number of fused-ring (bicyclic) bond motifs is 1. The van der Waals surface area contributed by atoms with Crippen molar-refractivity contribution in [2.75, 3.05) is 0 Å². The fourth-order valence-electron chi connectivity index (χ4n) is 1.56. The van der Waals surface area contributed by atoms with Gasteiger partial charge in [-0.2, -0.15) is 0 Å². The van der Waals surface area contributed by atoms with Gasteiger partial charge in [-0.3, -0.25) is 9.78 Å². The number of aromatic nitrogens is 1. The fraction of sp³-hybridized carbons (Fsp3) is 0.500. The van der Waals surface area contributed by atoms with E-state index in [0.29, 0.717) is 6.54 Å². The molecule has 15 heavy (non-hydrogen) atoms. The van der Waals surface area contributed by atoms with Crippen molar-refractivity contribution in [1.29, 1.82) is 0 Å². The van der Waals surface area contributed by atoms with Gasteiger partial charge < -0.3 is 4.90 Å². The van der Waals surface area contributed by atoms with Gasteiger partial charge in [-0.1, -0.05) is 13.8 Å². The lowest BCUT2D eigenvalue weighted by Crippen LogP contribution is -2.30. The number of nitrogens with zero attached hydrogens (tertiary/aromatic N) is 2. The molecule has 2 heterocycles. The van der Waals surface area contributed by atoms with Crippen molar-refractivity contribution < 1.29 is 4.79 Å². The van der Waals surface area contributed by atoms with E-state index in [2.05, 4.69) is 4.98 Å². The number of hydrogen-bond acceptors (Lipinski definition) is 2. The van der Waals surface area contributed by atoms with Gasteiger partial charge in [-0.15, -0.1) is 0 Å². The van der Waals surface area contributed by atoms with Gasteiger partial charge in [-0.05, 0) is 26.0 Å². The lowest BCUT2D eigenvalue weighted by molar-refractivity contribution is 0.0730. The molecule has 0 aromatic carbocycles. The molecule has 0 saturated heterocycles.